The van der Waals surface area contributed by atoms with Gasteiger partial charge in [-0.1, -0.05) is 13.8 Å². The zero-order chi connectivity index (χ0) is 17.8. The first-order valence-electron chi connectivity index (χ1n) is 7.14. The van der Waals surface area contributed by atoms with E-state index in [1.807, 2.05) is 0 Å². The number of hydrogen-bond acceptors (Lipinski definition) is 6. The minimum absolute atomic E-state index is 0.145. The molecule has 0 atom stereocenters. The number of nitrogen functional groups attached to an aromatic ring is 1. The highest BCUT2D eigenvalue weighted by Crippen LogP contribution is 2.20. The lowest BCUT2D eigenvalue weighted by molar-refractivity contribution is 0.0486. The Morgan fingerprint density at radius 2 is 1.87 bits per heavy atom. The molecule has 8 nitrogen and oxygen atoms in total. The summed E-state index contributed by atoms with van der Waals surface area (Å²) in [5.74, 6) is -0.661. The van der Waals surface area contributed by atoms with Gasteiger partial charge >= 0.3 is 14.2 Å². The molecule has 9 heteroatoms. The van der Waals surface area contributed by atoms with E-state index in [0.717, 1.165) is 26.1 Å². The van der Waals surface area contributed by atoms with Crippen LogP contribution in [0.15, 0.2) is 18.2 Å². The van der Waals surface area contributed by atoms with Gasteiger partial charge in [-0.2, -0.15) is 0 Å². The van der Waals surface area contributed by atoms with Crippen LogP contribution in [0.4, 0.5) is 5.69 Å². The Kier molecular flexibility index (Phi) is 10.9. The number of anilines is 1. The molecule has 5 N–H and O–H groups in total. The lowest BCUT2D eigenvalue weighted by Crippen LogP contribution is -2.25. The first-order chi connectivity index (χ1) is 10.8. The number of aromatic hydroxyl groups is 1. The fourth-order valence-corrected chi connectivity index (χ4v) is 1.79. The molecule has 130 valence electrons. The molecule has 1 aromatic carbocycles. The van der Waals surface area contributed by atoms with Gasteiger partial charge in [0.05, 0.1) is 6.61 Å². The van der Waals surface area contributed by atoms with E-state index < -0.39 is 14.2 Å². The largest absolute Gasteiger partial charge is 0.692 e. The molecular formula is C14H24N2O6P+. The second kappa shape index (κ2) is 11.8. The van der Waals surface area contributed by atoms with Crippen LogP contribution in [0.1, 0.15) is 30.6 Å². The Bertz CT molecular complexity index is 504. The first-order valence-corrected chi connectivity index (χ1v) is 8.31. The highest BCUT2D eigenvalue weighted by Gasteiger charge is 2.12. The minimum Gasteiger partial charge on any atom is -0.507 e. The van der Waals surface area contributed by atoms with Crippen molar-refractivity contribution < 1.29 is 29.0 Å². The number of carbonyl (C=O) groups excluding carboxylic acids is 1. The average molecular weight is 347 g/mol. The standard InChI is InChI=1S/C14H22N2O3.HO3P/c1-3-16(4-2)8-5-9-19-14(18)12-7-6-11(15)10-13(12)17;1-4(2)3/h6-7,10,17H,3-5,8-9,15H2,1-2H3;(H-,1,2,3)/p+1. The fraction of sp³-hybridized carbons (Fsp3) is 0.500. The summed E-state index contributed by atoms with van der Waals surface area (Å²) in [6.07, 6.45) is 0.781. The van der Waals surface area contributed by atoms with Crippen LogP contribution in [0.25, 0.3) is 0 Å². The molecule has 0 bridgehead atoms. The smallest absolute Gasteiger partial charge is 0.507 e. The number of carbonyl (C=O) groups is 1. The van der Waals surface area contributed by atoms with Gasteiger partial charge in [0, 0.05) is 22.9 Å². The summed E-state index contributed by atoms with van der Waals surface area (Å²) < 4.78 is 13.8. The highest BCUT2D eigenvalue weighted by atomic mass is 31.1. The van der Waals surface area contributed by atoms with Crippen molar-refractivity contribution in [1.82, 2.24) is 4.90 Å². The van der Waals surface area contributed by atoms with E-state index in [1.165, 1.54) is 12.1 Å². The monoisotopic (exact) mass is 347 g/mol. The van der Waals surface area contributed by atoms with Gasteiger partial charge in [-0.05, 0) is 31.6 Å². The maximum Gasteiger partial charge on any atom is 0.692 e. The van der Waals surface area contributed by atoms with Crippen LogP contribution >= 0.6 is 8.25 Å². The summed E-state index contributed by atoms with van der Waals surface area (Å²) in [5, 5.41) is 9.59. The van der Waals surface area contributed by atoms with E-state index in [-0.39, 0.29) is 11.3 Å². The Morgan fingerprint density at radius 1 is 1.30 bits per heavy atom. The van der Waals surface area contributed by atoms with Gasteiger partial charge < -0.3 is 20.5 Å². The predicted molar refractivity (Wildman–Crippen MR) is 87.3 cm³/mol. The van der Waals surface area contributed by atoms with Crippen molar-refractivity contribution in [2.75, 3.05) is 32.0 Å². The molecule has 0 aromatic heterocycles. The average Bonchev–Trinajstić information content (AvgIpc) is 2.46. The van der Waals surface area contributed by atoms with E-state index in [9.17, 15) is 9.90 Å². The molecule has 0 aliphatic rings. The molecule has 0 spiro atoms. The normalized spacial score (nSPS) is 9.96. The molecule has 23 heavy (non-hydrogen) atoms. The number of nitrogens with two attached hydrogens (primary N) is 1. The SMILES string of the molecule is CCN(CC)CCCOC(=O)c1ccc(N)cc1O.O=[P+](O)O. The fourth-order valence-electron chi connectivity index (χ4n) is 1.79. The second-order valence-electron chi connectivity index (χ2n) is 4.55. The number of rotatable bonds is 7. The summed E-state index contributed by atoms with van der Waals surface area (Å²) in [4.78, 5) is 28.2. The highest BCUT2D eigenvalue weighted by molar-refractivity contribution is 7.30. The molecule has 0 aliphatic carbocycles. The Labute approximate surface area is 136 Å². The lowest BCUT2D eigenvalue weighted by Gasteiger charge is -2.17. The van der Waals surface area contributed by atoms with Gasteiger partial charge in [0.2, 0.25) is 0 Å². The molecular weight excluding hydrogens is 323 g/mol. The number of nitrogens with zero attached hydrogens (tertiary/aromatic N) is 1. The molecule has 0 aliphatic heterocycles. The predicted octanol–water partition coefficient (Wildman–Crippen LogP) is 1.49. The number of benzene rings is 1. The third kappa shape index (κ3) is 9.80. The Balaban J connectivity index is 0.00000108. The number of phenols is 1. The molecule has 0 heterocycles. The number of phenolic OH excluding ortho intramolecular Hbond substituents is 1. The third-order valence-corrected chi connectivity index (χ3v) is 2.99. The van der Waals surface area contributed by atoms with Crippen LogP contribution in [-0.4, -0.2) is 52.0 Å². The van der Waals surface area contributed by atoms with Crippen LogP contribution in [-0.2, 0) is 9.30 Å². The van der Waals surface area contributed by atoms with Gasteiger partial charge in [-0.15, -0.1) is 9.79 Å². The van der Waals surface area contributed by atoms with Crippen molar-refractivity contribution in [3.05, 3.63) is 23.8 Å². The number of hydrogen-bond donors (Lipinski definition) is 4. The maximum atomic E-state index is 11.7. The topological polar surface area (TPSA) is 133 Å². The van der Waals surface area contributed by atoms with Crippen LogP contribution < -0.4 is 5.73 Å². The Hall–Kier alpha value is -1.73. The van der Waals surface area contributed by atoms with E-state index in [0.29, 0.717) is 12.3 Å². The summed E-state index contributed by atoms with van der Waals surface area (Å²) in [6.45, 7) is 7.42. The van der Waals surface area contributed by atoms with Crippen molar-refractivity contribution in [2.45, 2.75) is 20.3 Å². The van der Waals surface area contributed by atoms with E-state index in [1.54, 1.807) is 6.07 Å². The number of esters is 1. The van der Waals surface area contributed by atoms with Crippen molar-refractivity contribution in [1.29, 1.82) is 0 Å². The molecule has 0 saturated heterocycles. The van der Waals surface area contributed by atoms with Gasteiger partial charge in [-0.3, -0.25) is 0 Å². The zero-order valence-electron chi connectivity index (χ0n) is 13.3. The summed E-state index contributed by atoms with van der Waals surface area (Å²) in [5.41, 5.74) is 6.06. The number of ether oxygens (including phenoxy) is 1. The van der Waals surface area contributed by atoms with Crippen molar-refractivity contribution in [2.24, 2.45) is 0 Å². The molecule has 1 rings (SSSR count). The minimum atomic E-state index is -2.87. The zero-order valence-corrected chi connectivity index (χ0v) is 14.2. The maximum absolute atomic E-state index is 11.7. The molecule has 0 radical (unpaired) electrons. The van der Waals surface area contributed by atoms with Crippen LogP contribution in [0.2, 0.25) is 0 Å². The van der Waals surface area contributed by atoms with Crippen molar-refractivity contribution in [3.8, 4) is 5.75 Å². The van der Waals surface area contributed by atoms with E-state index in [4.69, 9.17) is 24.8 Å². The molecule has 1 aromatic rings. The van der Waals surface area contributed by atoms with Gasteiger partial charge in [-0.25, -0.2) is 4.79 Å². The molecule has 0 amide bonds. The van der Waals surface area contributed by atoms with Gasteiger partial charge in [0.15, 0.2) is 0 Å². The molecule has 0 saturated carbocycles. The summed E-state index contributed by atoms with van der Waals surface area (Å²) in [7, 11) is -2.87. The third-order valence-electron chi connectivity index (χ3n) is 2.99. The van der Waals surface area contributed by atoms with Gasteiger partial charge in [0.25, 0.3) is 0 Å². The van der Waals surface area contributed by atoms with Crippen molar-refractivity contribution in [3.63, 3.8) is 0 Å². The quantitative estimate of drug-likeness (QED) is 0.252. The summed E-state index contributed by atoms with van der Waals surface area (Å²) >= 11 is 0. The van der Waals surface area contributed by atoms with Gasteiger partial charge in [0.1, 0.15) is 11.3 Å². The van der Waals surface area contributed by atoms with E-state index >= 15 is 0 Å². The van der Waals surface area contributed by atoms with Crippen LogP contribution in [0.5, 0.6) is 5.75 Å². The molecule has 0 fully saturated rings. The van der Waals surface area contributed by atoms with Crippen LogP contribution in [0, 0.1) is 0 Å². The first kappa shape index (κ1) is 21.3. The van der Waals surface area contributed by atoms with Crippen molar-refractivity contribution >= 4 is 19.9 Å². The van der Waals surface area contributed by atoms with E-state index in [2.05, 4.69) is 18.7 Å². The lowest BCUT2D eigenvalue weighted by atomic mass is 10.2. The summed E-state index contributed by atoms with van der Waals surface area (Å²) in [6, 6.07) is 4.37. The molecule has 0 unspecified atom stereocenters. The Morgan fingerprint density at radius 3 is 2.35 bits per heavy atom. The van der Waals surface area contributed by atoms with Crippen LogP contribution in [0.3, 0.4) is 0 Å². The second-order valence-corrected chi connectivity index (χ2v) is 5.05.